The van der Waals surface area contributed by atoms with E-state index in [2.05, 4.69) is 9.97 Å². The van der Waals surface area contributed by atoms with E-state index in [-0.39, 0.29) is 12.4 Å². The van der Waals surface area contributed by atoms with Gasteiger partial charge in [-0.15, -0.1) is 12.4 Å². The minimum absolute atomic E-state index is 0. The topological polar surface area (TPSA) is 81.0 Å². The first-order valence-corrected chi connectivity index (χ1v) is 6.70. The molecule has 0 aliphatic rings. The highest BCUT2D eigenvalue weighted by atomic mass is 35.5. The van der Waals surface area contributed by atoms with Crippen molar-refractivity contribution in [2.45, 2.75) is 6.92 Å². The summed E-state index contributed by atoms with van der Waals surface area (Å²) in [6.07, 6.45) is 1.56. The summed E-state index contributed by atoms with van der Waals surface area (Å²) in [5, 5.41) is 0.809. The summed E-state index contributed by atoms with van der Waals surface area (Å²) >= 11 is 0. The Bertz CT molecular complexity index is 800. The van der Waals surface area contributed by atoms with Gasteiger partial charge in [-0.3, -0.25) is 0 Å². The van der Waals surface area contributed by atoms with Gasteiger partial charge in [-0.05, 0) is 18.6 Å². The number of pyridine rings is 1. The number of anilines is 1. The van der Waals surface area contributed by atoms with Gasteiger partial charge in [-0.25, -0.2) is 9.78 Å². The van der Waals surface area contributed by atoms with Crippen molar-refractivity contribution in [1.82, 2.24) is 9.97 Å². The third kappa shape index (κ3) is 2.76. The van der Waals surface area contributed by atoms with Gasteiger partial charge in [0.2, 0.25) is 0 Å². The van der Waals surface area contributed by atoms with Gasteiger partial charge in [0.25, 0.3) is 0 Å². The summed E-state index contributed by atoms with van der Waals surface area (Å²) in [5.41, 5.74) is 9.07. The predicted molar refractivity (Wildman–Crippen MR) is 89.1 cm³/mol. The maximum atomic E-state index is 12.2. The molecule has 6 heteroatoms. The Morgan fingerprint density at radius 1 is 1.32 bits per heavy atom. The summed E-state index contributed by atoms with van der Waals surface area (Å²) in [6.45, 7) is 2.09. The second kappa shape index (κ2) is 6.49. The number of nitrogens with one attached hydrogen (secondary N) is 1. The molecule has 5 nitrogen and oxygen atoms in total. The van der Waals surface area contributed by atoms with Crippen LogP contribution in [0.15, 0.2) is 42.6 Å². The molecular formula is C16H16ClN3O2. The number of fused-ring (bicyclic) bond motifs is 1. The van der Waals surface area contributed by atoms with Crippen molar-refractivity contribution in [3.05, 3.63) is 48.3 Å². The third-order valence-corrected chi connectivity index (χ3v) is 3.21. The molecule has 0 atom stereocenters. The highest BCUT2D eigenvalue weighted by molar-refractivity contribution is 6.07. The molecule has 22 heavy (non-hydrogen) atoms. The van der Waals surface area contributed by atoms with E-state index in [1.165, 1.54) is 0 Å². The van der Waals surface area contributed by atoms with Gasteiger partial charge < -0.3 is 15.5 Å². The quantitative estimate of drug-likeness (QED) is 0.725. The molecule has 0 aliphatic carbocycles. The number of hydrogen-bond donors (Lipinski definition) is 2. The van der Waals surface area contributed by atoms with E-state index in [9.17, 15) is 4.79 Å². The Balaban J connectivity index is 0.00000176. The van der Waals surface area contributed by atoms with E-state index in [1.54, 1.807) is 13.1 Å². The van der Waals surface area contributed by atoms with Crippen molar-refractivity contribution >= 4 is 35.1 Å². The largest absolute Gasteiger partial charge is 0.461 e. The van der Waals surface area contributed by atoms with Gasteiger partial charge >= 0.3 is 5.97 Å². The molecule has 3 rings (SSSR count). The van der Waals surface area contributed by atoms with Gasteiger partial charge in [0.1, 0.15) is 11.3 Å². The Hall–Kier alpha value is -2.53. The fourth-order valence-electron chi connectivity index (χ4n) is 2.35. The number of ether oxygens (including phenoxy) is 1. The molecule has 2 heterocycles. The van der Waals surface area contributed by atoms with Crippen LogP contribution in [0.4, 0.5) is 5.69 Å². The molecule has 0 saturated heterocycles. The average molecular weight is 318 g/mol. The minimum atomic E-state index is -0.395. The van der Waals surface area contributed by atoms with Crippen LogP contribution in [0, 0.1) is 0 Å². The van der Waals surface area contributed by atoms with Gasteiger partial charge in [0.05, 0.1) is 18.5 Å². The zero-order valence-electron chi connectivity index (χ0n) is 12.0. The van der Waals surface area contributed by atoms with Crippen molar-refractivity contribution in [2.24, 2.45) is 0 Å². The highest BCUT2D eigenvalue weighted by Gasteiger charge is 2.20. The van der Waals surface area contributed by atoms with Crippen LogP contribution in [0.5, 0.6) is 0 Å². The van der Waals surface area contributed by atoms with Crippen molar-refractivity contribution in [3.63, 3.8) is 0 Å². The summed E-state index contributed by atoms with van der Waals surface area (Å²) in [6, 6.07) is 11.5. The second-order valence-corrected chi connectivity index (χ2v) is 4.63. The van der Waals surface area contributed by atoms with Crippen molar-refractivity contribution in [2.75, 3.05) is 12.3 Å². The number of carbonyl (C=O) groups excluding carboxylic acids is 1. The first kappa shape index (κ1) is 15.9. The molecule has 0 unspecified atom stereocenters. The second-order valence-electron chi connectivity index (χ2n) is 4.63. The number of rotatable bonds is 3. The highest BCUT2D eigenvalue weighted by Crippen LogP contribution is 2.32. The van der Waals surface area contributed by atoms with Gasteiger partial charge in [0.15, 0.2) is 0 Å². The molecule has 0 radical (unpaired) electrons. The number of nitrogens with two attached hydrogens (primary N) is 1. The first-order valence-electron chi connectivity index (χ1n) is 6.70. The Morgan fingerprint density at radius 3 is 2.73 bits per heavy atom. The molecule has 0 saturated carbocycles. The van der Waals surface area contributed by atoms with Gasteiger partial charge in [0, 0.05) is 10.9 Å². The van der Waals surface area contributed by atoms with E-state index < -0.39 is 5.97 Å². The van der Waals surface area contributed by atoms with Crippen LogP contribution >= 0.6 is 12.4 Å². The Kier molecular flexibility index (Phi) is 4.68. The number of carbonyl (C=O) groups is 1. The first-order chi connectivity index (χ1) is 10.2. The van der Waals surface area contributed by atoms with Crippen LogP contribution in [-0.4, -0.2) is 22.5 Å². The average Bonchev–Trinajstić information content (AvgIpc) is 2.87. The van der Waals surface area contributed by atoms with Crippen molar-refractivity contribution in [3.8, 4) is 11.1 Å². The number of H-pyrrole nitrogens is 1. The normalized spacial score (nSPS) is 10.2. The van der Waals surface area contributed by atoms with Crippen LogP contribution in [0.2, 0.25) is 0 Å². The van der Waals surface area contributed by atoms with Crippen LogP contribution in [0.3, 0.4) is 0 Å². The molecule has 0 aliphatic heterocycles. The number of hydrogen-bond acceptors (Lipinski definition) is 4. The Morgan fingerprint density at radius 2 is 2.05 bits per heavy atom. The lowest BCUT2D eigenvalue weighted by Gasteiger charge is -2.04. The number of aromatic nitrogens is 2. The third-order valence-electron chi connectivity index (χ3n) is 3.21. The molecule has 1 aromatic carbocycles. The molecule has 0 spiro atoms. The lowest BCUT2D eigenvalue weighted by atomic mass is 10.0. The zero-order valence-corrected chi connectivity index (χ0v) is 12.8. The maximum absolute atomic E-state index is 12.2. The molecule has 3 N–H and O–H groups in total. The smallest absolute Gasteiger partial charge is 0.355 e. The molecule has 0 bridgehead atoms. The maximum Gasteiger partial charge on any atom is 0.355 e. The Labute approximate surface area is 133 Å². The number of benzene rings is 1. The van der Waals surface area contributed by atoms with E-state index >= 15 is 0 Å². The van der Waals surface area contributed by atoms with Crippen LogP contribution in [0.1, 0.15) is 17.4 Å². The van der Waals surface area contributed by atoms with E-state index in [0.717, 1.165) is 16.5 Å². The summed E-state index contributed by atoms with van der Waals surface area (Å²) in [5.74, 6) is -0.395. The number of halogens is 1. The zero-order chi connectivity index (χ0) is 14.8. The SMILES string of the molecule is CCOC(=O)c1[nH]c2ncc(N)cc2c1-c1ccccc1.Cl. The standard InChI is InChI=1S/C16H15N3O2.ClH/c1-2-21-16(20)14-13(10-6-4-3-5-7-10)12-8-11(17)9-18-15(12)19-14;/h3-9H,2,17H2,1H3,(H,18,19);1H. The van der Waals surface area contributed by atoms with Gasteiger partial charge in [-0.1, -0.05) is 30.3 Å². The predicted octanol–water partition coefficient (Wildman–Crippen LogP) is 3.41. The van der Waals surface area contributed by atoms with Crippen molar-refractivity contribution < 1.29 is 9.53 Å². The van der Waals surface area contributed by atoms with Crippen LogP contribution < -0.4 is 5.73 Å². The number of aromatic amines is 1. The van der Waals surface area contributed by atoms with Gasteiger partial charge in [-0.2, -0.15) is 0 Å². The summed E-state index contributed by atoms with van der Waals surface area (Å²) in [4.78, 5) is 19.5. The van der Waals surface area contributed by atoms with E-state index in [4.69, 9.17) is 10.5 Å². The van der Waals surface area contributed by atoms with E-state index in [0.29, 0.717) is 23.6 Å². The number of nitrogen functional groups attached to an aromatic ring is 1. The van der Waals surface area contributed by atoms with Crippen LogP contribution in [-0.2, 0) is 4.74 Å². The lowest BCUT2D eigenvalue weighted by Crippen LogP contribution is -2.06. The minimum Gasteiger partial charge on any atom is -0.461 e. The molecule has 3 aromatic rings. The van der Waals surface area contributed by atoms with E-state index in [1.807, 2.05) is 36.4 Å². The molecule has 0 fully saturated rings. The number of nitrogens with zero attached hydrogens (tertiary/aromatic N) is 1. The molecule has 2 aromatic heterocycles. The summed E-state index contributed by atoms with van der Waals surface area (Å²) in [7, 11) is 0. The molecule has 0 amide bonds. The fraction of sp³-hybridized carbons (Fsp3) is 0.125. The van der Waals surface area contributed by atoms with Crippen LogP contribution in [0.25, 0.3) is 22.2 Å². The summed E-state index contributed by atoms with van der Waals surface area (Å²) < 4.78 is 5.12. The fourth-order valence-corrected chi connectivity index (χ4v) is 2.35. The molecule has 114 valence electrons. The molecular weight excluding hydrogens is 302 g/mol. The number of esters is 1. The van der Waals surface area contributed by atoms with Crippen molar-refractivity contribution in [1.29, 1.82) is 0 Å². The lowest BCUT2D eigenvalue weighted by molar-refractivity contribution is 0.0521. The monoisotopic (exact) mass is 317 g/mol.